The maximum atomic E-state index is 12.5. The summed E-state index contributed by atoms with van der Waals surface area (Å²) in [6, 6.07) is 17.4. The van der Waals surface area contributed by atoms with Crippen molar-refractivity contribution in [2.45, 2.75) is 12.5 Å². The van der Waals surface area contributed by atoms with Crippen LogP contribution >= 0.6 is 0 Å². The highest BCUT2D eigenvalue weighted by atomic mass is 16.3. The van der Waals surface area contributed by atoms with Gasteiger partial charge in [-0.05, 0) is 18.1 Å². The number of para-hydroxylation sites is 1. The highest BCUT2D eigenvalue weighted by Gasteiger charge is 2.37. The molecule has 0 bridgehead atoms. The Kier molecular flexibility index (Phi) is 3.28. The molecule has 0 spiro atoms. The largest absolute Gasteiger partial charge is 0.387 e. The number of aliphatic hydroxyl groups is 1. The number of rotatable bonds is 2. The van der Waals surface area contributed by atoms with Gasteiger partial charge < -0.3 is 10.0 Å². The summed E-state index contributed by atoms with van der Waals surface area (Å²) in [5.41, 5.74) is 2.70. The first-order chi connectivity index (χ1) is 9.68. The van der Waals surface area contributed by atoms with Crippen molar-refractivity contribution in [2.75, 3.05) is 11.9 Å². The Balaban J connectivity index is 1.95. The van der Waals surface area contributed by atoms with Gasteiger partial charge in [0, 0.05) is 18.3 Å². The molecule has 0 fully saturated rings. The predicted molar refractivity (Wildman–Crippen MR) is 78.4 cm³/mol. The molecule has 3 rings (SSSR count). The molecule has 3 heteroatoms. The van der Waals surface area contributed by atoms with Crippen LogP contribution in [0.5, 0.6) is 0 Å². The summed E-state index contributed by atoms with van der Waals surface area (Å²) >= 11 is 0. The van der Waals surface area contributed by atoms with Crippen molar-refractivity contribution in [3.8, 4) is 0 Å². The molecule has 0 saturated heterocycles. The third-order valence-electron chi connectivity index (χ3n) is 3.94. The van der Waals surface area contributed by atoms with E-state index in [2.05, 4.69) is 0 Å². The molecule has 3 nitrogen and oxygen atoms in total. The Bertz CT molecular complexity index is 624. The van der Waals surface area contributed by atoms with Gasteiger partial charge in [-0.25, -0.2) is 0 Å². The smallest absolute Gasteiger partial charge is 0.233 e. The van der Waals surface area contributed by atoms with Gasteiger partial charge in [-0.15, -0.1) is 0 Å². The minimum Gasteiger partial charge on any atom is -0.387 e. The van der Waals surface area contributed by atoms with Gasteiger partial charge in [0.1, 0.15) is 0 Å². The zero-order valence-corrected chi connectivity index (χ0v) is 11.4. The molecule has 0 radical (unpaired) electrons. The Morgan fingerprint density at radius 2 is 1.70 bits per heavy atom. The zero-order valence-electron chi connectivity index (χ0n) is 11.4. The maximum Gasteiger partial charge on any atom is 0.233 e. The average molecular weight is 267 g/mol. The molecule has 0 aliphatic carbocycles. The van der Waals surface area contributed by atoms with E-state index in [-0.39, 0.29) is 5.91 Å². The molecule has 2 aromatic rings. The molecule has 1 N–H and O–H groups in total. The van der Waals surface area contributed by atoms with E-state index in [0.29, 0.717) is 6.42 Å². The number of carbonyl (C=O) groups is 1. The molecule has 20 heavy (non-hydrogen) atoms. The molecule has 1 heterocycles. The number of aliphatic hydroxyl groups excluding tert-OH is 1. The van der Waals surface area contributed by atoms with Crippen molar-refractivity contribution < 1.29 is 9.90 Å². The van der Waals surface area contributed by atoms with E-state index in [9.17, 15) is 9.90 Å². The van der Waals surface area contributed by atoms with Gasteiger partial charge in [0.15, 0.2) is 0 Å². The second kappa shape index (κ2) is 5.10. The van der Waals surface area contributed by atoms with E-state index < -0.39 is 12.0 Å². The van der Waals surface area contributed by atoms with Crippen LogP contribution in [0.1, 0.15) is 17.2 Å². The number of anilines is 1. The van der Waals surface area contributed by atoms with Crippen LogP contribution in [0.15, 0.2) is 54.6 Å². The van der Waals surface area contributed by atoms with E-state index in [1.807, 2.05) is 54.6 Å². The van der Waals surface area contributed by atoms with Crippen LogP contribution in [0.4, 0.5) is 5.69 Å². The monoisotopic (exact) mass is 267 g/mol. The number of benzene rings is 2. The topological polar surface area (TPSA) is 40.5 Å². The van der Waals surface area contributed by atoms with Crippen LogP contribution in [0.25, 0.3) is 0 Å². The van der Waals surface area contributed by atoms with Crippen molar-refractivity contribution in [1.82, 2.24) is 0 Å². The van der Waals surface area contributed by atoms with E-state index in [1.54, 1.807) is 11.9 Å². The second-order valence-corrected chi connectivity index (χ2v) is 5.20. The molecule has 1 aliphatic heterocycles. The first kappa shape index (κ1) is 12.9. The Morgan fingerprint density at radius 3 is 2.45 bits per heavy atom. The summed E-state index contributed by atoms with van der Waals surface area (Å²) < 4.78 is 0. The minimum atomic E-state index is -0.741. The molecule has 102 valence electrons. The SMILES string of the molecule is CN1C(=O)[C@@H](Cc2ccccc2)[C@@H](O)c2ccccc21. The van der Waals surface area contributed by atoms with Gasteiger partial charge >= 0.3 is 0 Å². The fraction of sp³-hybridized carbons (Fsp3) is 0.235. The first-order valence-electron chi connectivity index (χ1n) is 6.77. The number of amides is 1. The van der Waals surface area contributed by atoms with Gasteiger partial charge in [0.2, 0.25) is 5.91 Å². The number of hydrogen-bond acceptors (Lipinski definition) is 2. The highest BCUT2D eigenvalue weighted by Crippen LogP contribution is 2.38. The van der Waals surface area contributed by atoms with Crippen LogP contribution in [0, 0.1) is 5.92 Å². The molecule has 0 aromatic heterocycles. The summed E-state index contributed by atoms with van der Waals surface area (Å²) in [6.07, 6.45) is -0.186. The molecule has 1 aliphatic rings. The van der Waals surface area contributed by atoms with Gasteiger partial charge in [-0.1, -0.05) is 48.5 Å². The van der Waals surface area contributed by atoms with Gasteiger partial charge in [0.05, 0.1) is 12.0 Å². The first-order valence-corrected chi connectivity index (χ1v) is 6.77. The lowest BCUT2D eigenvalue weighted by Crippen LogP contribution is -2.42. The van der Waals surface area contributed by atoms with Crippen molar-refractivity contribution in [1.29, 1.82) is 0 Å². The highest BCUT2D eigenvalue weighted by molar-refractivity contribution is 5.98. The van der Waals surface area contributed by atoms with Crippen LogP contribution in [0.2, 0.25) is 0 Å². The minimum absolute atomic E-state index is 0.0277. The molecular formula is C17H17NO2. The van der Waals surface area contributed by atoms with E-state index in [4.69, 9.17) is 0 Å². The lowest BCUT2D eigenvalue weighted by Gasteiger charge is -2.35. The van der Waals surface area contributed by atoms with Gasteiger partial charge in [-0.2, -0.15) is 0 Å². The predicted octanol–water partition coefficient (Wildman–Crippen LogP) is 2.56. The molecular weight excluding hydrogens is 250 g/mol. The van der Waals surface area contributed by atoms with E-state index in [0.717, 1.165) is 16.8 Å². The van der Waals surface area contributed by atoms with E-state index in [1.165, 1.54) is 0 Å². The molecule has 2 aromatic carbocycles. The van der Waals surface area contributed by atoms with Crippen molar-refractivity contribution in [3.05, 3.63) is 65.7 Å². The van der Waals surface area contributed by atoms with E-state index >= 15 is 0 Å². The molecule has 0 saturated carbocycles. The standard InChI is InChI=1S/C17H17NO2/c1-18-15-10-6-5-9-13(15)16(19)14(17(18)20)11-12-7-3-2-4-8-12/h2-10,14,16,19H,11H2,1H3/t14-,16-/m0/s1. The fourth-order valence-electron chi connectivity index (χ4n) is 2.83. The molecule has 1 amide bonds. The summed E-state index contributed by atoms with van der Waals surface area (Å²) in [5.74, 6) is -0.447. The Morgan fingerprint density at radius 1 is 1.05 bits per heavy atom. The summed E-state index contributed by atoms with van der Waals surface area (Å²) in [5, 5.41) is 10.5. The average Bonchev–Trinajstić information content (AvgIpc) is 2.50. The zero-order chi connectivity index (χ0) is 14.1. The summed E-state index contributed by atoms with van der Waals surface area (Å²) in [4.78, 5) is 14.1. The van der Waals surface area contributed by atoms with Gasteiger partial charge in [0.25, 0.3) is 0 Å². The second-order valence-electron chi connectivity index (χ2n) is 5.20. The summed E-state index contributed by atoms with van der Waals surface area (Å²) in [6.45, 7) is 0. The summed E-state index contributed by atoms with van der Waals surface area (Å²) in [7, 11) is 1.77. The van der Waals surface area contributed by atoms with Crippen LogP contribution in [0.3, 0.4) is 0 Å². The maximum absolute atomic E-state index is 12.5. The van der Waals surface area contributed by atoms with Crippen LogP contribution in [-0.4, -0.2) is 18.1 Å². The lowest BCUT2D eigenvalue weighted by molar-refractivity contribution is -0.126. The van der Waals surface area contributed by atoms with Crippen molar-refractivity contribution >= 4 is 11.6 Å². The number of hydrogen-bond donors (Lipinski definition) is 1. The quantitative estimate of drug-likeness (QED) is 0.908. The molecule has 2 atom stereocenters. The lowest BCUT2D eigenvalue weighted by atomic mass is 9.84. The third-order valence-corrected chi connectivity index (χ3v) is 3.94. The van der Waals surface area contributed by atoms with Crippen molar-refractivity contribution in [2.24, 2.45) is 5.92 Å². The Hall–Kier alpha value is -2.13. The number of fused-ring (bicyclic) bond motifs is 1. The normalized spacial score (nSPS) is 21.7. The molecule has 0 unspecified atom stereocenters. The number of carbonyl (C=O) groups excluding carboxylic acids is 1. The van der Waals surface area contributed by atoms with Crippen molar-refractivity contribution in [3.63, 3.8) is 0 Å². The Labute approximate surface area is 118 Å². The van der Waals surface area contributed by atoms with Crippen LogP contribution < -0.4 is 4.90 Å². The fourth-order valence-corrected chi connectivity index (χ4v) is 2.83. The van der Waals surface area contributed by atoms with Gasteiger partial charge in [-0.3, -0.25) is 4.79 Å². The number of nitrogens with zero attached hydrogens (tertiary/aromatic N) is 1. The third kappa shape index (κ3) is 2.10. The van der Waals surface area contributed by atoms with Crippen LogP contribution in [-0.2, 0) is 11.2 Å².